The summed E-state index contributed by atoms with van der Waals surface area (Å²) in [6.45, 7) is 0. The summed E-state index contributed by atoms with van der Waals surface area (Å²) < 4.78 is 36.0. The summed E-state index contributed by atoms with van der Waals surface area (Å²) in [6, 6.07) is 4.90. The molecular formula is C11H10F3NO. The van der Waals surface area contributed by atoms with Gasteiger partial charge >= 0.3 is 12.1 Å². The van der Waals surface area contributed by atoms with Crippen molar-refractivity contribution in [3.63, 3.8) is 0 Å². The average molecular weight is 229 g/mol. The van der Waals surface area contributed by atoms with Crippen LogP contribution in [0.4, 0.5) is 18.9 Å². The highest BCUT2D eigenvalue weighted by molar-refractivity contribution is 5.95. The Morgan fingerprint density at radius 1 is 1.19 bits per heavy atom. The van der Waals surface area contributed by atoms with Crippen molar-refractivity contribution in [3.8, 4) is 0 Å². The first-order chi connectivity index (χ1) is 7.47. The first-order valence-corrected chi connectivity index (χ1v) is 4.97. The summed E-state index contributed by atoms with van der Waals surface area (Å²) in [6.07, 6.45) is -1.99. The largest absolute Gasteiger partial charge is 0.471 e. The van der Waals surface area contributed by atoms with Crippen LogP contribution >= 0.6 is 0 Å². The summed E-state index contributed by atoms with van der Waals surface area (Å²) in [5.74, 6) is -1.93. The predicted octanol–water partition coefficient (Wildman–Crippen LogP) is 2.68. The number of halogens is 3. The predicted molar refractivity (Wildman–Crippen MR) is 53.2 cm³/mol. The summed E-state index contributed by atoms with van der Waals surface area (Å²) in [4.78, 5) is 10.7. The molecule has 86 valence electrons. The lowest BCUT2D eigenvalue weighted by atomic mass is 10.1. The minimum atomic E-state index is -4.83. The Morgan fingerprint density at radius 3 is 2.56 bits per heavy atom. The molecule has 1 aliphatic rings. The first-order valence-electron chi connectivity index (χ1n) is 4.97. The third-order valence-corrected chi connectivity index (χ3v) is 2.61. The highest BCUT2D eigenvalue weighted by Gasteiger charge is 2.38. The second-order valence-corrected chi connectivity index (χ2v) is 3.79. The van der Waals surface area contributed by atoms with Crippen molar-refractivity contribution < 1.29 is 18.0 Å². The van der Waals surface area contributed by atoms with Crippen molar-refractivity contribution in [3.05, 3.63) is 29.3 Å². The van der Waals surface area contributed by atoms with E-state index in [0.717, 1.165) is 30.4 Å². The van der Waals surface area contributed by atoms with E-state index in [4.69, 9.17) is 0 Å². The second kappa shape index (κ2) is 3.81. The van der Waals surface area contributed by atoms with Crippen LogP contribution in [-0.4, -0.2) is 12.1 Å². The fourth-order valence-corrected chi connectivity index (χ4v) is 1.85. The van der Waals surface area contributed by atoms with Crippen molar-refractivity contribution >= 4 is 11.6 Å². The van der Waals surface area contributed by atoms with Gasteiger partial charge in [-0.25, -0.2) is 0 Å². The fourth-order valence-electron chi connectivity index (χ4n) is 1.85. The second-order valence-electron chi connectivity index (χ2n) is 3.79. The van der Waals surface area contributed by atoms with Crippen molar-refractivity contribution in [1.29, 1.82) is 0 Å². The number of benzene rings is 1. The van der Waals surface area contributed by atoms with Crippen LogP contribution in [-0.2, 0) is 17.6 Å². The highest BCUT2D eigenvalue weighted by Crippen LogP contribution is 2.26. The third-order valence-electron chi connectivity index (χ3n) is 2.61. The van der Waals surface area contributed by atoms with E-state index in [9.17, 15) is 18.0 Å². The maximum absolute atomic E-state index is 12.0. The molecule has 0 fully saturated rings. The average Bonchev–Trinajstić information content (AvgIpc) is 2.63. The Hall–Kier alpha value is -1.52. The zero-order valence-electron chi connectivity index (χ0n) is 8.40. The van der Waals surface area contributed by atoms with Gasteiger partial charge in [0, 0.05) is 5.69 Å². The standard InChI is InChI=1S/C11H10F3NO/c12-11(13,14)10(16)15-9-5-4-7-2-1-3-8(7)6-9/h4-6H,1-3H2,(H,15,16). The van der Waals surface area contributed by atoms with E-state index in [2.05, 4.69) is 0 Å². The van der Waals surface area contributed by atoms with Gasteiger partial charge in [-0.1, -0.05) is 6.07 Å². The van der Waals surface area contributed by atoms with Crippen LogP contribution in [0.15, 0.2) is 18.2 Å². The minimum absolute atomic E-state index is 0.211. The van der Waals surface area contributed by atoms with E-state index in [0.29, 0.717) is 0 Å². The smallest absolute Gasteiger partial charge is 0.318 e. The molecule has 0 saturated heterocycles. The van der Waals surface area contributed by atoms with E-state index in [-0.39, 0.29) is 5.69 Å². The molecule has 1 N–H and O–H groups in total. The molecule has 0 saturated carbocycles. The quantitative estimate of drug-likeness (QED) is 0.788. The molecule has 0 heterocycles. The summed E-state index contributed by atoms with van der Waals surface area (Å²) in [5, 5.41) is 1.85. The molecule has 1 amide bonds. The van der Waals surface area contributed by atoms with Gasteiger partial charge in [-0.3, -0.25) is 4.79 Å². The number of nitrogens with one attached hydrogen (secondary N) is 1. The lowest BCUT2D eigenvalue weighted by Crippen LogP contribution is -2.29. The van der Waals surface area contributed by atoms with E-state index in [1.807, 2.05) is 5.32 Å². The maximum Gasteiger partial charge on any atom is 0.471 e. The molecule has 0 bridgehead atoms. The van der Waals surface area contributed by atoms with Crippen LogP contribution in [0.5, 0.6) is 0 Å². The normalized spacial score (nSPS) is 14.7. The van der Waals surface area contributed by atoms with Gasteiger partial charge in [0.25, 0.3) is 0 Å². The van der Waals surface area contributed by atoms with Gasteiger partial charge in [0.1, 0.15) is 0 Å². The number of anilines is 1. The Bertz CT molecular complexity index is 426. The number of carbonyl (C=O) groups excluding carboxylic acids is 1. The maximum atomic E-state index is 12.0. The first kappa shape index (κ1) is 11.0. The zero-order chi connectivity index (χ0) is 11.8. The molecule has 0 spiro atoms. The molecule has 1 aromatic carbocycles. The van der Waals surface area contributed by atoms with Crippen LogP contribution in [0.25, 0.3) is 0 Å². The van der Waals surface area contributed by atoms with Crippen LogP contribution in [0.1, 0.15) is 17.5 Å². The van der Waals surface area contributed by atoms with E-state index in [1.54, 1.807) is 12.1 Å². The number of fused-ring (bicyclic) bond motifs is 1. The topological polar surface area (TPSA) is 29.1 Å². The molecule has 0 aliphatic heterocycles. The summed E-state index contributed by atoms with van der Waals surface area (Å²) in [7, 11) is 0. The molecule has 0 atom stereocenters. The van der Waals surface area contributed by atoms with Crippen molar-refractivity contribution in [2.24, 2.45) is 0 Å². The van der Waals surface area contributed by atoms with E-state index < -0.39 is 12.1 Å². The third kappa shape index (κ3) is 2.18. The van der Waals surface area contributed by atoms with Crippen LogP contribution in [0.3, 0.4) is 0 Å². The Kier molecular flexibility index (Phi) is 2.61. The lowest BCUT2D eigenvalue weighted by Gasteiger charge is -2.09. The van der Waals surface area contributed by atoms with Crippen molar-refractivity contribution in [1.82, 2.24) is 0 Å². The fraction of sp³-hybridized carbons (Fsp3) is 0.364. The van der Waals surface area contributed by atoms with Gasteiger partial charge in [-0.05, 0) is 42.5 Å². The van der Waals surface area contributed by atoms with Gasteiger partial charge in [-0.15, -0.1) is 0 Å². The molecule has 0 aromatic heterocycles. The van der Waals surface area contributed by atoms with Gasteiger partial charge in [0.05, 0.1) is 0 Å². The van der Waals surface area contributed by atoms with Crippen LogP contribution in [0, 0.1) is 0 Å². The van der Waals surface area contributed by atoms with Gasteiger partial charge in [0.15, 0.2) is 0 Å². The zero-order valence-corrected chi connectivity index (χ0v) is 8.40. The minimum Gasteiger partial charge on any atom is -0.318 e. The number of hydrogen-bond acceptors (Lipinski definition) is 1. The Labute approximate surface area is 90.5 Å². The molecule has 16 heavy (non-hydrogen) atoms. The molecule has 2 rings (SSSR count). The molecular weight excluding hydrogens is 219 g/mol. The molecule has 0 radical (unpaired) electrons. The Balaban J connectivity index is 2.14. The SMILES string of the molecule is O=C(Nc1ccc2c(c1)CCC2)C(F)(F)F. The summed E-state index contributed by atoms with van der Waals surface area (Å²) >= 11 is 0. The number of amides is 1. The van der Waals surface area contributed by atoms with Crippen LogP contribution < -0.4 is 5.32 Å². The van der Waals surface area contributed by atoms with Gasteiger partial charge < -0.3 is 5.32 Å². The lowest BCUT2D eigenvalue weighted by molar-refractivity contribution is -0.167. The van der Waals surface area contributed by atoms with E-state index in [1.165, 1.54) is 6.07 Å². The molecule has 1 aromatic rings. The van der Waals surface area contributed by atoms with Crippen molar-refractivity contribution in [2.45, 2.75) is 25.4 Å². The number of hydrogen-bond donors (Lipinski definition) is 1. The highest BCUT2D eigenvalue weighted by atomic mass is 19.4. The number of aryl methyl sites for hydroxylation is 2. The van der Waals surface area contributed by atoms with Crippen LogP contribution in [0.2, 0.25) is 0 Å². The molecule has 2 nitrogen and oxygen atoms in total. The number of carbonyl (C=O) groups is 1. The van der Waals surface area contributed by atoms with Gasteiger partial charge in [-0.2, -0.15) is 13.2 Å². The molecule has 5 heteroatoms. The molecule has 1 aliphatic carbocycles. The number of rotatable bonds is 1. The molecule has 0 unspecified atom stereocenters. The van der Waals surface area contributed by atoms with Crippen molar-refractivity contribution in [2.75, 3.05) is 5.32 Å². The summed E-state index contributed by atoms with van der Waals surface area (Å²) in [5.41, 5.74) is 2.40. The monoisotopic (exact) mass is 229 g/mol. The number of alkyl halides is 3. The van der Waals surface area contributed by atoms with E-state index >= 15 is 0 Å². The van der Waals surface area contributed by atoms with Gasteiger partial charge in [0.2, 0.25) is 0 Å². The Morgan fingerprint density at radius 2 is 1.88 bits per heavy atom.